The summed E-state index contributed by atoms with van der Waals surface area (Å²) in [6.07, 6.45) is 0. The quantitative estimate of drug-likeness (QED) is 0.331. The normalized spacial score (nSPS) is 10.3. The topological polar surface area (TPSA) is 72.5 Å². The average molecular weight is 420 g/mol. The highest BCUT2D eigenvalue weighted by Crippen LogP contribution is 2.16. The maximum absolute atomic E-state index is 12.4. The third-order valence-electron chi connectivity index (χ3n) is 4.17. The number of ketones is 1. The second-order valence-electron chi connectivity index (χ2n) is 6.60. The average Bonchev–Trinajstić information content (AvgIpc) is 2.76. The molecular weight excluding hydrogens is 398 g/mol. The summed E-state index contributed by atoms with van der Waals surface area (Å²) in [6.45, 7) is 1.97. The second-order valence-corrected chi connectivity index (χ2v) is 7.59. The molecule has 3 aromatic carbocycles. The molecule has 0 atom stereocenters. The van der Waals surface area contributed by atoms with E-state index in [4.69, 9.17) is 4.74 Å². The fourth-order valence-corrected chi connectivity index (χ4v) is 3.24. The van der Waals surface area contributed by atoms with Gasteiger partial charge in [0.1, 0.15) is 5.75 Å². The Morgan fingerprint density at radius 1 is 0.800 bits per heavy atom. The summed E-state index contributed by atoms with van der Waals surface area (Å²) in [5.41, 5.74) is 2.95. The Bertz CT molecular complexity index is 1020. The number of thioether (sulfide) groups is 1. The van der Waals surface area contributed by atoms with Gasteiger partial charge in [-0.2, -0.15) is 0 Å². The number of ether oxygens (including phenoxy) is 1. The molecule has 0 heterocycles. The van der Waals surface area contributed by atoms with Gasteiger partial charge in [-0.15, -0.1) is 11.8 Å². The third-order valence-corrected chi connectivity index (χ3v) is 5.08. The number of benzene rings is 3. The zero-order valence-corrected chi connectivity index (χ0v) is 17.3. The fraction of sp³-hybridized carbons (Fsp3) is 0.125. The van der Waals surface area contributed by atoms with Crippen molar-refractivity contribution in [2.45, 2.75) is 6.92 Å². The number of carbonyl (C=O) groups is 3. The summed E-state index contributed by atoms with van der Waals surface area (Å²) in [7, 11) is 0. The number of carbonyl (C=O) groups excluding carboxylic acids is 3. The van der Waals surface area contributed by atoms with Crippen molar-refractivity contribution in [1.82, 2.24) is 0 Å². The number of aryl methyl sites for hydroxylation is 1. The minimum atomic E-state index is -0.453. The molecule has 0 bridgehead atoms. The summed E-state index contributed by atoms with van der Waals surface area (Å²) in [5, 5.41) is 2.78. The molecule has 0 fully saturated rings. The van der Waals surface area contributed by atoms with Gasteiger partial charge in [-0.1, -0.05) is 48.0 Å². The van der Waals surface area contributed by atoms with E-state index < -0.39 is 5.97 Å². The smallest absolute Gasteiger partial charge is 0.321 e. The second kappa shape index (κ2) is 10.4. The molecule has 0 aliphatic rings. The van der Waals surface area contributed by atoms with Crippen LogP contribution in [0.5, 0.6) is 5.75 Å². The van der Waals surface area contributed by atoms with Gasteiger partial charge in [0.15, 0.2) is 5.78 Å². The fourth-order valence-electron chi connectivity index (χ4n) is 2.65. The lowest BCUT2D eigenvalue weighted by Crippen LogP contribution is -2.17. The standard InChI is InChI=1S/C24H21NO4S/c1-17-7-11-20(12-8-17)25-22(26)15-30-16-23(27)29-21-13-9-19(10-14-21)24(28)18-5-3-2-4-6-18/h2-14H,15-16H2,1H3,(H,25,26). The molecule has 30 heavy (non-hydrogen) atoms. The van der Waals surface area contributed by atoms with E-state index >= 15 is 0 Å². The first-order valence-corrected chi connectivity index (χ1v) is 10.5. The molecule has 3 aromatic rings. The predicted octanol–water partition coefficient (Wildman–Crippen LogP) is 4.50. The molecule has 1 N–H and O–H groups in total. The van der Waals surface area contributed by atoms with Gasteiger partial charge in [-0.05, 0) is 43.3 Å². The van der Waals surface area contributed by atoms with E-state index in [1.165, 1.54) is 11.8 Å². The van der Waals surface area contributed by atoms with Crippen LogP contribution in [-0.4, -0.2) is 29.2 Å². The molecule has 0 spiro atoms. The molecular formula is C24H21NO4S. The molecule has 0 radical (unpaired) electrons. The van der Waals surface area contributed by atoms with Crippen molar-refractivity contribution in [1.29, 1.82) is 0 Å². The maximum atomic E-state index is 12.4. The maximum Gasteiger partial charge on any atom is 0.321 e. The van der Waals surface area contributed by atoms with Gasteiger partial charge in [0.25, 0.3) is 0 Å². The molecule has 0 aliphatic carbocycles. The number of rotatable bonds is 8. The molecule has 3 rings (SSSR count). The largest absolute Gasteiger partial charge is 0.426 e. The zero-order valence-electron chi connectivity index (χ0n) is 16.5. The Morgan fingerprint density at radius 2 is 1.43 bits per heavy atom. The van der Waals surface area contributed by atoms with E-state index in [1.54, 1.807) is 36.4 Å². The molecule has 6 heteroatoms. The summed E-state index contributed by atoms with van der Waals surface area (Å²) in [4.78, 5) is 36.3. The number of amides is 1. The third kappa shape index (κ3) is 6.32. The molecule has 0 saturated carbocycles. The van der Waals surface area contributed by atoms with Crippen LogP contribution in [0.1, 0.15) is 21.5 Å². The van der Waals surface area contributed by atoms with Gasteiger partial charge in [-0.25, -0.2) is 0 Å². The first-order valence-electron chi connectivity index (χ1n) is 9.36. The van der Waals surface area contributed by atoms with E-state index in [-0.39, 0.29) is 23.2 Å². The minimum Gasteiger partial charge on any atom is -0.426 e. The molecule has 152 valence electrons. The van der Waals surface area contributed by atoms with Crippen LogP contribution in [0.3, 0.4) is 0 Å². The van der Waals surface area contributed by atoms with Crippen molar-refractivity contribution in [2.24, 2.45) is 0 Å². The Labute approximate surface area is 179 Å². The van der Waals surface area contributed by atoms with E-state index in [2.05, 4.69) is 5.32 Å². The van der Waals surface area contributed by atoms with E-state index in [1.807, 2.05) is 49.4 Å². The van der Waals surface area contributed by atoms with Gasteiger partial charge >= 0.3 is 5.97 Å². The summed E-state index contributed by atoms with van der Waals surface area (Å²) in [6, 6.07) is 22.9. The van der Waals surface area contributed by atoms with Crippen LogP contribution in [0.15, 0.2) is 78.9 Å². The molecule has 5 nitrogen and oxygen atoms in total. The molecule has 1 amide bonds. The Hall–Kier alpha value is -3.38. The Balaban J connectivity index is 1.43. The van der Waals surface area contributed by atoms with Gasteiger partial charge in [0.05, 0.1) is 11.5 Å². The lowest BCUT2D eigenvalue weighted by molar-refractivity contribution is -0.131. The SMILES string of the molecule is Cc1ccc(NC(=O)CSCC(=O)Oc2ccc(C(=O)c3ccccc3)cc2)cc1. The number of nitrogens with one attached hydrogen (secondary N) is 1. The van der Waals surface area contributed by atoms with E-state index in [0.717, 1.165) is 11.3 Å². The highest BCUT2D eigenvalue weighted by molar-refractivity contribution is 8.00. The highest BCUT2D eigenvalue weighted by Gasteiger charge is 2.11. The van der Waals surface area contributed by atoms with Crippen LogP contribution >= 0.6 is 11.8 Å². The van der Waals surface area contributed by atoms with Crippen molar-refractivity contribution in [3.05, 3.63) is 95.6 Å². The van der Waals surface area contributed by atoms with Crippen molar-refractivity contribution in [3.63, 3.8) is 0 Å². The lowest BCUT2D eigenvalue weighted by Gasteiger charge is -2.07. The lowest BCUT2D eigenvalue weighted by atomic mass is 10.0. The number of hydrogen-bond acceptors (Lipinski definition) is 5. The van der Waals surface area contributed by atoms with Crippen LogP contribution in [0.25, 0.3) is 0 Å². The molecule has 0 unspecified atom stereocenters. The van der Waals surface area contributed by atoms with Crippen molar-refractivity contribution in [2.75, 3.05) is 16.8 Å². The van der Waals surface area contributed by atoms with Crippen molar-refractivity contribution in [3.8, 4) is 5.75 Å². The van der Waals surface area contributed by atoms with Gasteiger partial charge in [-0.3, -0.25) is 14.4 Å². The number of anilines is 1. The van der Waals surface area contributed by atoms with Gasteiger partial charge in [0.2, 0.25) is 5.91 Å². The van der Waals surface area contributed by atoms with E-state index in [0.29, 0.717) is 16.9 Å². The Morgan fingerprint density at radius 3 is 2.10 bits per heavy atom. The minimum absolute atomic E-state index is 0.0476. The highest BCUT2D eigenvalue weighted by atomic mass is 32.2. The monoisotopic (exact) mass is 419 g/mol. The number of hydrogen-bond donors (Lipinski definition) is 1. The summed E-state index contributed by atoms with van der Waals surface area (Å²) in [5.74, 6) is -0.178. The van der Waals surface area contributed by atoms with Gasteiger partial charge < -0.3 is 10.1 Å². The molecule has 0 aliphatic heterocycles. The van der Waals surface area contributed by atoms with Crippen LogP contribution in [0.4, 0.5) is 5.69 Å². The summed E-state index contributed by atoms with van der Waals surface area (Å²) < 4.78 is 5.27. The van der Waals surface area contributed by atoms with Gasteiger partial charge in [0, 0.05) is 16.8 Å². The van der Waals surface area contributed by atoms with Crippen LogP contribution in [0, 0.1) is 6.92 Å². The zero-order chi connectivity index (χ0) is 21.3. The first-order chi connectivity index (χ1) is 14.5. The Kier molecular flexibility index (Phi) is 7.40. The van der Waals surface area contributed by atoms with Crippen molar-refractivity contribution >= 4 is 35.1 Å². The van der Waals surface area contributed by atoms with Crippen LogP contribution in [-0.2, 0) is 9.59 Å². The predicted molar refractivity (Wildman–Crippen MR) is 119 cm³/mol. The van der Waals surface area contributed by atoms with E-state index in [9.17, 15) is 14.4 Å². The van der Waals surface area contributed by atoms with Crippen LogP contribution in [0.2, 0.25) is 0 Å². The molecule has 0 saturated heterocycles. The van der Waals surface area contributed by atoms with Crippen molar-refractivity contribution < 1.29 is 19.1 Å². The van der Waals surface area contributed by atoms with Crippen LogP contribution < -0.4 is 10.1 Å². The number of esters is 1. The summed E-state index contributed by atoms with van der Waals surface area (Å²) >= 11 is 1.18. The first kappa shape index (κ1) is 21.3. The molecule has 0 aromatic heterocycles.